The number of hydrogen-bond donors (Lipinski definition) is 1. The molecule has 0 spiro atoms. The minimum absolute atomic E-state index is 0.773. The minimum Gasteiger partial charge on any atom is -0.317 e. The quantitative estimate of drug-likeness (QED) is 0.866. The first-order chi connectivity index (χ1) is 8.20. The Kier molecular flexibility index (Phi) is 5.03. The number of nitrogens with zero attached hydrogens (tertiary/aromatic N) is 1. The van der Waals surface area contributed by atoms with Crippen LogP contribution in [0.2, 0.25) is 0 Å². The average molecular weight is 317 g/mol. The second kappa shape index (κ2) is 6.32. The maximum Gasteiger partial charge on any atom is 0.0328 e. The number of thiophene rings is 1. The van der Waals surface area contributed by atoms with E-state index in [2.05, 4.69) is 51.6 Å². The van der Waals surface area contributed by atoms with Crippen LogP contribution in [0.3, 0.4) is 0 Å². The Labute approximate surface area is 117 Å². The first-order valence-corrected chi connectivity index (χ1v) is 8.01. The second-order valence-electron chi connectivity index (χ2n) is 4.86. The van der Waals surface area contributed by atoms with Gasteiger partial charge in [0, 0.05) is 27.3 Å². The van der Waals surface area contributed by atoms with Crippen LogP contribution in [0.25, 0.3) is 0 Å². The van der Waals surface area contributed by atoms with Gasteiger partial charge in [0.25, 0.3) is 0 Å². The Morgan fingerprint density at radius 2 is 2.35 bits per heavy atom. The molecule has 1 heterocycles. The lowest BCUT2D eigenvalue weighted by atomic mass is 9.78. The van der Waals surface area contributed by atoms with E-state index in [1.165, 1.54) is 28.7 Å². The highest BCUT2D eigenvalue weighted by molar-refractivity contribution is 9.10. The van der Waals surface area contributed by atoms with E-state index < -0.39 is 0 Å². The predicted molar refractivity (Wildman–Crippen MR) is 78.5 cm³/mol. The van der Waals surface area contributed by atoms with Crippen LogP contribution in [0, 0.1) is 5.92 Å². The van der Waals surface area contributed by atoms with Crippen LogP contribution in [0.15, 0.2) is 15.9 Å². The van der Waals surface area contributed by atoms with Gasteiger partial charge in [-0.15, -0.1) is 11.3 Å². The molecular weight excluding hydrogens is 296 g/mol. The first-order valence-electron chi connectivity index (χ1n) is 6.34. The van der Waals surface area contributed by atoms with Crippen LogP contribution >= 0.6 is 27.3 Å². The number of hydrogen-bond acceptors (Lipinski definition) is 3. The molecule has 2 rings (SSSR count). The van der Waals surface area contributed by atoms with E-state index in [0.717, 1.165) is 25.0 Å². The van der Waals surface area contributed by atoms with Gasteiger partial charge < -0.3 is 5.32 Å². The molecule has 1 aliphatic rings. The normalized spacial score (nSPS) is 24.0. The van der Waals surface area contributed by atoms with Gasteiger partial charge in [0.05, 0.1) is 0 Å². The summed E-state index contributed by atoms with van der Waals surface area (Å²) in [7, 11) is 2.26. The summed E-state index contributed by atoms with van der Waals surface area (Å²) in [5.74, 6) is 0.850. The van der Waals surface area contributed by atoms with Gasteiger partial charge in [0.2, 0.25) is 0 Å². The molecule has 4 heteroatoms. The van der Waals surface area contributed by atoms with Gasteiger partial charge in [0.1, 0.15) is 0 Å². The topological polar surface area (TPSA) is 15.3 Å². The highest BCUT2D eigenvalue weighted by Gasteiger charge is 2.33. The number of halogens is 1. The summed E-state index contributed by atoms with van der Waals surface area (Å²) in [5.41, 5.74) is 0. The lowest BCUT2D eigenvalue weighted by Crippen LogP contribution is -2.48. The predicted octanol–water partition coefficient (Wildman–Crippen LogP) is 3.33. The molecule has 17 heavy (non-hydrogen) atoms. The van der Waals surface area contributed by atoms with Crippen LogP contribution in [0.1, 0.15) is 24.6 Å². The fraction of sp³-hybridized carbons (Fsp3) is 0.692. The van der Waals surface area contributed by atoms with Crippen molar-refractivity contribution in [1.82, 2.24) is 10.2 Å². The molecule has 2 unspecified atom stereocenters. The van der Waals surface area contributed by atoms with E-state index in [4.69, 9.17) is 0 Å². The molecule has 0 aliphatic heterocycles. The molecule has 2 nitrogen and oxygen atoms in total. The van der Waals surface area contributed by atoms with Crippen molar-refractivity contribution in [3.05, 3.63) is 20.8 Å². The van der Waals surface area contributed by atoms with Gasteiger partial charge in [0.15, 0.2) is 0 Å². The van der Waals surface area contributed by atoms with Crippen molar-refractivity contribution in [2.45, 2.75) is 32.4 Å². The molecule has 1 fully saturated rings. The summed E-state index contributed by atoms with van der Waals surface area (Å²) in [6.45, 7) is 5.54. The maximum absolute atomic E-state index is 3.52. The third-order valence-corrected chi connectivity index (χ3v) is 5.31. The third-order valence-electron chi connectivity index (χ3n) is 3.63. The molecule has 1 N–H and O–H groups in total. The van der Waals surface area contributed by atoms with Gasteiger partial charge in [-0.05, 0) is 60.9 Å². The molecule has 0 saturated heterocycles. The first kappa shape index (κ1) is 13.5. The Hall–Kier alpha value is 0.1000. The Morgan fingerprint density at radius 3 is 2.88 bits per heavy atom. The van der Waals surface area contributed by atoms with Crippen LogP contribution in [-0.4, -0.2) is 31.1 Å². The summed E-state index contributed by atoms with van der Waals surface area (Å²) in [4.78, 5) is 3.97. The van der Waals surface area contributed by atoms with Crippen molar-refractivity contribution in [1.29, 1.82) is 0 Å². The molecular formula is C13H21BrN2S. The summed E-state index contributed by atoms with van der Waals surface area (Å²) in [5, 5.41) is 5.64. The number of nitrogens with one attached hydrogen (secondary N) is 1. The van der Waals surface area contributed by atoms with Crippen LogP contribution in [-0.2, 0) is 6.54 Å². The summed E-state index contributed by atoms with van der Waals surface area (Å²) >= 11 is 5.36. The Morgan fingerprint density at radius 1 is 1.53 bits per heavy atom. The van der Waals surface area contributed by atoms with Crippen molar-refractivity contribution >= 4 is 27.3 Å². The van der Waals surface area contributed by atoms with E-state index in [1.807, 2.05) is 11.3 Å². The van der Waals surface area contributed by atoms with E-state index >= 15 is 0 Å². The lowest BCUT2D eigenvalue weighted by Gasteiger charge is -2.42. The molecule has 96 valence electrons. The zero-order chi connectivity index (χ0) is 12.3. The van der Waals surface area contributed by atoms with Crippen LogP contribution in [0.5, 0.6) is 0 Å². The molecule has 0 aromatic carbocycles. The largest absolute Gasteiger partial charge is 0.317 e. The minimum atomic E-state index is 0.773. The lowest BCUT2D eigenvalue weighted by molar-refractivity contribution is 0.0792. The summed E-state index contributed by atoms with van der Waals surface area (Å²) in [6.07, 6.45) is 2.75. The van der Waals surface area contributed by atoms with E-state index in [1.54, 1.807) is 0 Å². The molecule has 0 radical (unpaired) electrons. The van der Waals surface area contributed by atoms with E-state index in [0.29, 0.717) is 0 Å². The highest BCUT2D eigenvalue weighted by Crippen LogP contribution is 2.32. The Balaban J connectivity index is 1.81. The third kappa shape index (κ3) is 3.53. The van der Waals surface area contributed by atoms with Gasteiger partial charge >= 0.3 is 0 Å². The standard InChI is InChI=1S/C13H21BrN2S/c1-3-15-7-10-4-5-13(10)16(2)8-12-6-11(14)9-17-12/h6,9-10,13,15H,3-5,7-8H2,1-2H3. The summed E-state index contributed by atoms with van der Waals surface area (Å²) in [6, 6.07) is 3.01. The average Bonchev–Trinajstić information content (AvgIpc) is 2.62. The van der Waals surface area contributed by atoms with Crippen LogP contribution < -0.4 is 5.32 Å². The smallest absolute Gasteiger partial charge is 0.0328 e. The molecule has 1 aromatic rings. The molecule has 0 bridgehead atoms. The fourth-order valence-electron chi connectivity index (χ4n) is 2.50. The zero-order valence-corrected chi connectivity index (χ0v) is 13.0. The zero-order valence-electron chi connectivity index (χ0n) is 10.6. The molecule has 0 amide bonds. The van der Waals surface area contributed by atoms with Gasteiger partial charge in [-0.25, -0.2) is 0 Å². The van der Waals surface area contributed by atoms with Crippen LogP contribution in [0.4, 0.5) is 0 Å². The summed E-state index contributed by atoms with van der Waals surface area (Å²) < 4.78 is 1.21. The Bertz CT molecular complexity index is 353. The monoisotopic (exact) mass is 316 g/mol. The molecule has 2 atom stereocenters. The fourth-order valence-corrected chi connectivity index (χ4v) is 4.01. The number of rotatable bonds is 6. The van der Waals surface area contributed by atoms with E-state index in [9.17, 15) is 0 Å². The van der Waals surface area contributed by atoms with Crippen molar-refractivity contribution in [2.24, 2.45) is 5.92 Å². The maximum atomic E-state index is 3.52. The van der Waals surface area contributed by atoms with Crippen molar-refractivity contribution in [3.63, 3.8) is 0 Å². The van der Waals surface area contributed by atoms with Gasteiger partial charge in [-0.2, -0.15) is 0 Å². The van der Waals surface area contributed by atoms with Crippen molar-refractivity contribution in [2.75, 3.05) is 20.1 Å². The second-order valence-corrected chi connectivity index (χ2v) is 6.77. The SMILES string of the molecule is CCNCC1CCC1N(C)Cc1cc(Br)cs1. The van der Waals surface area contributed by atoms with Gasteiger partial charge in [-0.1, -0.05) is 6.92 Å². The molecule has 1 aromatic heterocycles. The molecule has 1 aliphatic carbocycles. The molecule has 1 saturated carbocycles. The highest BCUT2D eigenvalue weighted by atomic mass is 79.9. The van der Waals surface area contributed by atoms with Gasteiger partial charge in [-0.3, -0.25) is 4.90 Å². The van der Waals surface area contributed by atoms with Crippen molar-refractivity contribution < 1.29 is 0 Å². The van der Waals surface area contributed by atoms with Crippen molar-refractivity contribution in [3.8, 4) is 0 Å². The van der Waals surface area contributed by atoms with E-state index in [-0.39, 0.29) is 0 Å².